The zero-order valence-corrected chi connectivity index (χ0v) is 9.65. The fourth-order valence-corrected chi connectivity index (χ4v) is 1.61. The molecule has 0 atom stereocenters. The fraction of sp³-hybridized carbons (Fsp3) is 0. The molecular weight excluding hydrogens is 250 g/mol. The first-order valence-electron chi connectivity index (χ1n) is 5.32. The lowest BCUT2D eigenvalue weighted by Gasteiger charge is -2.01. The fourth-order valence-electron chi connectivity index (χ4n) is 1.61. The Morgan fingerprint density at radius 3 is 2.68 bits per heavy atom. The largest absolute Gasteiger partial charge is 0.478 e. The molecule has 0 radical (unpaired) electrons. The summed E-state index contributed by atoms with van der Waals surface area (Å²) >= 11 is 0. The Morgan fingerprint density at radius 1 is 1.26 bits per heavy atom. The van der Waals surface area contributed by atoms with Crippen LogP contribution in [0.3, 0.4) is 0 Å². The Labute approximate surface area is 107 Å². The summed E-state index contributed by atoms with van der Waals surface area (Å²) in [5, 5.41) is 19.3. The molecule has 0 aliphatic rings. The number of hydrogen-bond donors (Lipinski definition) is 1. The van der Waals surface area contributed by atoms with Crippen molar-refractivity contribution < 1.29 is 19.2 Å². The number of carboxylic acids is 1. The van der Waals surface area contributed by atoms with Gasteiger partial charge in [-0.1, -0.05) is 18.2 Å². The number of rotatable bonds is 4. The van der Waals surface area contributed by atoms with Crippen molar-refractivity contribution in [2.45, 2.75) is 0 Å². The van der Waals surface area contributed by atoms with Crippen molar-refractivity contribution in [3.8, 4) is 11.3 Å². The van der Waals surface area contributed by atoms with Gasteiger partial charge in [0.2, 0.25) is 6.20 Å². The van der Waals surface area contributed by atoms with Crippen molar-refractivity contribution in [3.63, 3.8) is 0 Å². The summed E-state index contributed by atoms with van der Waals surface area (Å²) in [6.07, 6.45) is 1.96. The summed E-state index contributed by atoms with van der Waals surface area (Å²) in [7, 11) is 0. The molecular formula is C13H9NO5. The van der Waals surface area contributed by atoms with Gasteiger partial charge in [0.05, 0.1) is 16.6 Å². The van der Waals surface area contributed by atoms with E-state index in [4.69, 9.17) is 9.52 Å². The second kappa shape index (κ2) is 5.18. The maximum Gasteiger partial charge on any atom is 0.336 e. The van der Waals surface area contributed by atoms with E-state index in [1.54, 1.807) is 24.3 Å². The van der Waals surface area contributed by atoms with Crippen LogP contribution in [0.5, 0.6) is 0 Å². The van der Waals surface area contributed by atoms with E-state index in [0.29, 0.717) is 11.3 Å². The topological polar surface area (TPSA) is 93.6 Å². The van der Waals surface area contributed by atoms with E-state index < -0.39 is 10.9 Å². The van der Waals surface area contributed by atoms with E-state index in [2.05, 4.69) is 0 Å². The zero-order chi connectivity index (χ0) is 13.8. The molecule has 1 aromatic carbocycles. The second-order valence-corrected chi connectivity index (χ2v) is 3.65. The van der Waals surface area contributed by atoms with Gasteiger partial charge in [-0.15, -0.1) is 0 Å². The molecule has 2 aromatic rings. The zero-order valence-electron chi connectivity index (χ0n) is 9.65. The molecule has 0 saturated heterocycles. The maximum absolute atomic E-state index is 11.1. The first kappa shape index (κ1) is 12.6. The highest BCUT2D eigenvalue weighted by Crippen LogP contribution is 2.26. The van der Waals surface area contributed by atoms with Crippen LogP contribution < -0.4 is 0 Å². The van der Waals surface area contributed by atoms with Gasteiger partial charge in [0.1, 0.15) is 11.5 Å². The Bertz CT molecular complexity index is 657. The minimum absolute atomic E-state index is 0.113. The maximum atomic E-state index is 11.1. The molecule has 0 aliphatic carbocycles. The van der Waals surface area contributed by atoms with Crippen molar-refractivity contribution in [1.29, 1.82) is 0 Å². The van der Waals surface area contributed by atoms with Crippen LogP contribution in [0.15, 0.2) is 47.0 Å². The number of carboxylic acid groups (broad SMARTS) is 1. The lowest BCUT2D eigenvalue weighted by Crippen LogP contribution is -1.98. The highest BCUT2D eigenvalue weighted by Gasteiger charge is 2.13. The van der Waals surface area contributed by atoms with Gasteiger partial charge in [-0.3, -0.25) is 10.1 Å². The van der Waals surface area contributed by atoms with E-state index in [0.717, 1.165) is 6.20 Å². The number of nitro groups is 1. The van der Waals surface area contributed by atoms with E-state index in [9.17, 15) is 14.9 Å². The van der Waals surface area contributed by atoms with E-state index in [-0.39, 0.29) is 11.3 Å². The van der Waals surface area contributed by atoms with Crippen LogP contribution in [-0.2, 0) is 0 Å². The summed E-state index contributed by atoms with van der Waals surface area (Å²) in [5.41, 5.74) is 0.539. The number of hydrogen-bond acceptors (Lipinski definition) is 4. The van der Waals surface area contributed by atoms with Gasteiger partial charge in [0.25, 0.3) is 0 Å². The molecule has 1 heterocycles. The molecule has 0 amide bonds. The van der Waals surface area contributed by atoms with Crippen LogP contribution in [0.4, 0.5) is 0 Å². The van der Waals surface area contributed by atoms with E-state index >= 15 is 0 Å². The minimum atomic E-state index is -1.06. The van der Waals surface area contributed by atoms with Crippen LogP contribution in [0.2, 0.25) is 0 Å². The predicted molar refractivity (Wildman–Crippen MR) is 67.1 cm³/mol. The van der Waals surface area contributed by atoms with Crippen LogP contribution in [-0.4, -0.2) is 16.0 Å². The predicted octanol–water partition coefficient (Wildman–Crippen LogP) is 2.89. The number of furan rings is 1. The van der Waals surface area contributed by atoms with Gasteiger partial charge in [-0.25, -0.2) is 4.79 Å². The molecule has 0 fully saturated rings. The molecule has 0 bridgehead atoms. The average Bonchev–Trinajstić information content (AvgIpc) is 2.85. The molecule has 0 saturated carbocycles. The van der Waals surface area contributed by atoms with Crippen LogP contribution >= 0.6 is 0 Å². The summed E-state index contributed by atoms with van der Waals surface area (Å²) in [4.78, 5) is 20.7. The van der Waals surface area contributed by atoms with Crippen molar-refractivity contribution >= 4 is 12.0 Å². The molecule has 1 N–H and O–H groups in total. The standard InChI is InChI=1S/C13H9NO5/c15-13(16)11-4-2-1-3-10(11)12-6-5-9(19-12)7-8-14(17)18/h1-8H,(H,15,16)/b8-7-. The third-order valence-electron chi connectivity index (χ3n) is 2.41. The Morgan fingerprint density at radius 2 is 2.00 bits per heavy atom. The Balaban J connectivity index is 2.38. The Hall–Kier alpha value is -2.89. The minimum Gasteiger partial charge on any atom is -0.478 e. The number of carbonyl (C=O) groups is 1. The molecule has 96 valence electrons. The molecule has 2 rings (SSSR count). The van der Waals surface area contributed by atoms with Gasteiger partial charge in [0.15, 0.2) is 0 Å². The molecule has 19 heavy (non-hydrogen) atoms. The first-order valence-corrected chi connectivity index (χ1v) is 5.32. The van der Waals surface area contributed by atoms with Crippen molar-refractivity contribution in [2.24, 2.45) is 0 Å². The van der Waals surface area contributed by atoms with Crippen molar-refractivity contribution in [1.82, 2.24) is 0 Å². The van der Waals surface area contributed by atoms with Crippen molar-refractivity contribution in [2.75, 3.05) is 0 Å². The summed E-state index contributed by atoms with van der Waals surface area (Å²) in [6, 6.07) is 9.49. The smallest absolute Gasteiger partial charge is 0.336 e. The van der Waals surface area contributed by atoms with Crippen LogP contribution in [0.25, 0.3) is 17.4 Å². The van der Waals surface area contributed by atoms with Crippen LogP contribution in [0, 0.1) is 10.1 Å². The SMILES string of the molecule is O=C(O)c1ccccc1-c1ccc(/C=C\[N+](=O)[O-])o1. The number of nitrogens with zero attached hydrogens (tertiary/aromatic N) is 1. The highest BCUT2D eigenvalue weighted by atomic mass is 16.6. The summed E-state index contributed by atoms with van der Waals surface area (Å²) in [6.45, 7) is 0. The lowest BCUT2D eigenvalue weighted by molar-refractivity contribution is -0.401. The molecule has 0 aliphatic heterocycles. The molecule has 6 heteroatoms. The second-order valence-electron chi connectivity index (χ2n) is 3.65. The normalized spacial score (nSPS) is 10.7. The monoisotopic (exact) mass is 259 g/mol. The van der Waals surface area contributed by atoms with Gasteiger partial charge >= 0.3 is 5.97 Å². The molecule has 0 spiro atoms. The lowest BCUT2D eigenvalue weighted by atomic mass is 10.1. The average molecular weight is 259 g/mol. The highest BCUT2D eigenvalue weighted by molar-refractivity contribution is 5.95. The summed E-state index contributed by atoms with van der Waals surface area (Å²) in [5.74, 6) is -0.428. The van der Waals surface area contributed by atoms with Gasteiger partial charge in [-0.2, -0.15) is 0 Å². The first-order chi connectivity index (χ1) is 9.08. The van der Waals surface area contributed by atoms with Gasteiger partial charge < -0.3 is 9.52 Å². The number of benzene rings is 1. The summed E-state index contributed by atoms with van der Waals surface area (Å²) < 4.78 is 5.36. The third kappa shape index (κ3) is 2.86. The van der Waals surface area contributed by atoms with Crippen molar-refractivity contribution in [3.05, 3.63) is 64.0 Å². The third-order valence-corrected chi connectivity index (χ3v) is 2.41. The van der Waals surface area contributed by atoms with E-state index in [1.807, 2.05) is 0 Å². The van der Waals surface area contributed by atoms with Gasteiger partial charge in [0, 0.05) is 5.56 Å². The quantitative estimate of drug-likeness (QED) is 0.673. The Kier molecular flexibility index (Phi) is 3.42. The molecule has 0 unspecified atom stereocenters. The van der Waals surface area contributed by atoms with E-state index in [1.165, 1.54) is 18.2 Å². The van der Waals surface area contributed by atoms with Crippen LogP contribution in [0.1, 0.15) is 16.1 Å². The molecule has 6 nitrogen and oxygen atoms in total. The molecule has 1 aromatic heterocycles. The number of aromatic carboxylic acids is 1. The van der Waals surface area contributed by atoms with Gasteiger partial charge in [-0.05, 0) is 18.2 Å².